The zero-order valence-corrected chi connectivity index (χ0v) is 3.50. The summed E-state index contributed by atoms with van der Waals surface area (Å²) >= 11 is 0. The Labute approximate surface area is 39.8 Å². The van der Waals surface area contributed by atoms with Crippen molar-refractivity contribution in [3.63, 3.8) is 0 Å². The maximum Gasteiger partial charge on any atom is 0.275 e. The van der Waals surface area contributed by atoms with Crippen LogP contribution in [-0.2, 0) is 9.63 Å². The van der Waals surface area contributed by atoms with Crippen LogP contribution in [0.4, 0.5) is 0 Å². The Morgan fingerprint density at radius 1 is 1.86 bits per heavy atom. The number of primary amides is 1. The highest BCUT2D eigenvalue weighted by Gasteiger charge is 2.06. The molecule has 0 fully saturated rings. The number of aliphatic hydroxyl groups is 1. The van der Waals surface area contributed by atoms with Gasteiger partial charge in [-0.1, -0.05) is 0 Å². The Morgan fingerprint density at radius 3 is 2.29 bits per heavy atom. The van der Waals surface area contributed by atoms with E-state index in [1.54, 1.807) is 0 Å². The monoisotopic (exact) mass is 106 g/mol. The summed E-state index contributed by atoms with van der Waals surface area (Å²) in [6.45, 7) is 0. The molecule has 1 unspecified atom stereocenters. The maximum absolute atomic E-state index is 9.70. The van der Waals surface area contributed by atoms with Crippen LogP contribution >= 0.6 is 0 Å². The highest BCUT2D eigenvalue weighted by Crippen LogP contribution is 1.73. The molecule has 0 saturated heterocycles. The Morgan fingerprint density at radius 2 is 2.29 bits per heavy atom. The first-order valence-electron chi connectivity index (χ1n) is 1.51. The van der Waals surface area contributed by atoms with E-state index < -0.39 is 12.2 Å². The molecular formula is C2H6N2O3. The normalized spacial score (nSPS) is 13.4. The summed E-state index contributed by atoms with van der Waals surface area (Å²) in [6, 6.07) is 0. The fourth-order valence-electron chi connectivity index (χ4n) is 0.0671. The second kappa shape index (κ2) is 2.51. The number of hydrogen-bond acceptors (Lipinski definition) is 4. The van der Waals surface area contributed by atoms with Crippen LogP contribution in [0.25, 0.3) is 0 Å². The minimum atomic E-state index is -1.68. The van der Waals surface area contributed by atoms with E-state index in [9.17, 15) is 4.79 Å². The van der Waals surface area contributed by atoms with Crippen LogP contribution in [-0.4, -0.2) is 17.3 Å². The van der Waals surface area contributed by atoms with Crippen LogP contribution < -0.4 is 11.6 Å². The van der Waals surface area contributed by atoms with E-state index in [2.05, 4.69) is 16.5 Å². The van der Waals surface area contributed by atoms with Gasteiger partial charge in [-0.25, -0.2) is 5.90 Å². The molecule has 0 aromatic heterocycles. The summed E-state index contributed by atoms with van der Waals surface area (Å²) in [6.07, 6.45) is -1.68. The van der Waals surface area contributed by atoms with Gasteiger partial charge in [0.15, 0.2) is 0 Å². The maximum atomic E-state index is 9.70. The minimum absolute atomic E-state index is 0.998. The van der Waals surface area contributed by atoms with Crippen molar-refractivity contribution < 1.29 is 14.7 Å². The Bertz CT molecular complexity index is 73.3. The minimum Gasteiger partial charge on any atom is -0.365 e. The zero-order valence-electron chi connectivity index (χ0n) is 3.50. The predicted molar refractivity (Wildman–Crippen MR) is 20.5 cm³/mol. The van der Waals surface area contributed by atoms with Crippen LogP contribution in [0, 0.1) is 0 Å². The molecule has 42 valence electrons. The van der Waals surface area contributed by atoms with Gasteiger partial charge in [-0.2, -0.15) is 0 Å². The Balaban J connectivity index is 3.34. The fourth-order valence-corrected chi connectivity index (χ4v) is 0.0671. The standard InChI is InChI=1S/C2H6N2O3/c3-1(5)2(6)7-4/h2,6H,4H2,(H2,3,5). The molecule has 5 N–H and O–H groups in total. The summed E-state index contributed by atoms with van der Waals surface area (Å²) in [5, 5.41) is 8.11. The predicted octanol–water partition coefficient (Wildman–Crippen LogP) is -2.32. The van der Waals surface area contributed by atoms with Gasteiger partial charge in [0.25, 0.3) is 12.2 Å². The molecule has 0 aliphatic carbocycles. The summed E-state index contributed by atoms with van der Waals surface area (Å²) < 4.78 is 0. The van der Waals surface area contributed by atoms with Gasteiger partial charge in [0.2, 0.25) is 0 Å². The Kier molecular flexibility index (Phi) is 2.28. The lowest BCUT2D eigenvalue weighted by molar-refractivity contribution is -0.155. The first-order chi connectivity index (χ1) is 3.18. The SMILES string of the molecule is NOC(O)C(N)=O. The lowest BCUT2D eigenvalue weighted by Crippen LogP contribution is -2.32. The molecular weight excluding hydrogens is 100 g/mol. The quantitative estimate of drug-likeness (QED) is 0.272. The largest absolute Gasteiger partial charge is 0.365 e. The Hall–Kier alpha value is -0.650. The van der Waals surface area contributed by atoms with Crippen molar-refractivity contribution in [1.82, 2.24) is 0 Å². The molecule has 0 aromatic carbocycles. The van der Waals surface area contributed by atoms with E-state index >= 15 is 0 Å². The van der Waals surface area contributed by atoms with Gasteiger partial charge in [0.1, 0.15) is 0 Å². The highest BCUT2D eigenvalue weighted by molar-refractivity contribution is 5.76. The van der Waals surface area contributed by atoms with Gasteiger partial charge in [-0.05, 0) is 0 Å². The van der Waals surface area contributed by atoms with Gasteiger partial charge >= 0.3 is 0 Å². The van der Waals surface area contributed by atoms with Gasteiger partial charge < -0.3 is 10.8 Å². The van der Waals surface area contributed by atoms with Crippen LogP contribution in [0.15, 0.2) is 0 Å². The fraction of sp³-hybridized carbons (Fsp3) is 0.500. The molecule has 0 spiro atoms. The van der Waals surface area contributed by atoms with E-state index in [4.69, 9.17) is 5.11 Å². The number of aliphatic hydroxyl groups excluding tert-OH is 1. The van der Waals surface area contributed by atoms with Gasteiger partial charge in [0.05, 0.1) is 0 Å². The van der Waals surface area contributed by atoms with Crippen molar-refractivity contribution >= 4 is 5.91 Å². The van der Waals surface area contributed by atoms with Crippen LogP contribution in [0.2, 0.25) is 0 Å². The highest BCUT2D eigenvalue weighted by atomic mass is 16.7. The summed E-state index contributed by atoms with van der Waals surface area (Å²) in [5.74, 6) is 3.32. The molecule has 5 nitrogen and oxygen atoms in total. The molecule has 5 heteroatoms. The molecule has 0 saturated carbocycles. The van der Waals surface area contributed by atoms with E-state index in [0.717, 1.165) is 0 Å². The molecule has 0 radical (unpaired) electrons. The van der Waals surface area contributed by atoms with Crippen molar-refractivity contribution in [2.24, 2.45) is 11.6 Å². The number of carbonyl (C=O) groups excluding carboxylic acids is 1. The first kappa shape index (κ1) is 6.35. The van der Waals surface area contributed by atoms with E-state index in [-0.39, 0.29) is 0 Å². The van der Waals surface area contributed by atoms with Crippen molar-refractivity contribution in [1.29, 1.82) is 0 Å². The molecule has 7 heavy (non-hydrogen) atoms. The lowest BCUT2D eigenvalue weighted by atomic mass is 10.6. The third kappa shape index (κ3) is 2.10. The zero-order chi connectivity index (χ0) is 5.86. The second-order valence-corrected chi connectivity index (χ2v) is 0.891. The summed E-state index contributed by atoms with van der Waals surface area (Å²) in [7, 11) is 0. The molecule has 0 heterocycles. The van der Waals surface area contributed by atoms with E-state index in [0.29, 0.717) is 0 Å². The molecule has 0 rings (SSSR count). The molecule has 0 aliphatic heterocycles. The van der Waals surface area contributed by atoms with Crippen molar-refractivity contribution in [2.45, 2.75) is 6.29 Å². The number of nitrogens with two attached hydrogens (primary N) is 2. The second-order valence-electron chi connectivity index (χ2n) is 0.891. The number of carbonyl (C=O) groups is 1. The van der Waals surface area contributed by atoms with Crippen molar-refractivity contribution in [3.05, 3.63) is 0 Å². The van der Waals surface area contributed by atoms with Crippen LogP contribution in [0.3, 0.4) is 0 Å². The lowest BCUT2D eigenvalue weighted by Gasteiger charge is -1.98. The van der Waals surface area contributed by atoms with Crippen LogP contribution in [0.5, 0.6) is 0 Å². The third-order valence-corrected chi connectivity index (χ3v) is 0.372. The molecule has 0 aromatic rings. The molecule has 1 atom stereocenters. The van der Waals surface area contributed by atoms with E-state index in [1.165, 1.54) is 0 Å². The summed E-state index contributed by atoms with van der Waals surface area (Å²) in [5.41, 5.74) is 4.45. The van der Waals surface area contributed by atoms with Gasteiger partial charge in [-0.15, -0.1) is 0 Å². The molecule has 0 bridgehead atoms. The number of hydrogen-bond donors (Lipinski definition) is 3. The topological polar surface area (TPSA) is 98.6 Å². The van der Waals surface area contributed by atoms with Gasteiger partial charge in [0, 0.05) is 0 Å². The first-order valence-corrected chi connectivity index (χ1v) is 1.51. The van der Waals surface area contributed by atoms with Gasteiger partial charge in [-0.3, -0.25) is 9.63 Å². The molecule has 1 amide bonds. The van der Waals surface area contributed by atoms with Crippen molar-refractivity contribution in [3.8, 4) is 0 Å². The average Bonchev–Trinajstić information content (AvgIpc) is 1.65. The van der Waals surface area contributed by atoms with E-state index in [1.807, 2.05) is 0 Å². The smallest absolute Gasteiger partial charge is 0.275 e. The molecule has 0 aliphatic rings. The number of amides is 1. The third-order valence-electron chi connectivity index (χ3n) is 0.372. The van der Waals surface area contributed by atoms with Crippen LogP contribution in [0.1, 0.15) is 0 Å². The average molecular weight is 106 g/mol. The van der Waals surface area contributed by atoms with Crippen molar-refractivity contribution in [2.75, 3.05) is 0 Å². The number of rotatable bonds is 2. The summed E-state index contributed by atoms with van der Waals surface area (Å²) in [4.78, 5) is 13.3.